The van der Waals surface area contributed by atoms with Gasteiger partial charge in [0.2, 0.25) is 0 Å². The molecule has 7 nitrogen and oxygen atoms in total. The molecule has 14 heavy (non-hydrogen) atoms. The maximum absolute atomic E-state index is 11.1. The first-order valence-corrected chi connectivity index (χ1v) is 4.31. The van der Waals surface area contributed by atoms with Crippen molar-refractivity contribution in [2.75, 3.05) is 6.54 Å². The van der Waals surface area contributed by atoms with E-state index < -0.39 is 18.0 Å². The van der Waals surface area contributed by atoms with Gasteiger partial charge in [0.25, 0.3) is 5.91 Å². The van der Waals surface area contributed by atoms with Crippen LogP contribution < -0.4 is 5.32 Å². The molecule has 1 aromatic heterocycles. The van der Waals surface area contributed by atoms with Crippen LogP contribution in [-0.2, 0) is 4.79 Å². The number of aliphatic hydroxyl groups is 1. The molecule has 1 aromatic rings. The molecule has 0 bridgehead atoms. The number of nitrogens with zero attached hydrogens (tertiary/aromatic N) is 2. The molecule has 1 heterocycles. The van der Waals surface area contributed by atoms with E-state index in [0.717, 1.165) is 11.7 Å². The average Bonchev–Trinajstić information content (AvgIpc) is 2.66. The van der Waals surface area contributed by atoms with Gasteiger partial charge >= 0.3 is 5.97 Å². The smallest absolute Gasteiger partial charge is 0.334 e. The third-order valence-corrected chi connectivity index (χ3v) is 1.81. The molecule has 1 atom stereocenters. The van der Waals surface area contributed by atoms with Crippen molar-refractivity contribution in [1.82, 2.24) is 14.1 Å². The molecule has 0 spiro atoms. The van der Waals surface area contributed by atoms with E-state index in [2.05, 4.69) is 14.1 Å². The number of carboxylic acid groups (broad SMARTS) is 1. The lowest BCUT2D eigenvalue weighted by atomic mass is 10.3. The third-order valence-electron chi connectivity index (χ3n) is 1.33. The van der Waals surface area contributed by atoms with Gasteiger partial charge in [0.15, 0.2) is 11.8 Å². The van der Waals surface area contributed by atoms with Gasteiger partial charge in [-0.25, -0.2) is 4.79 Å². The van der Waals surface area contributed by atoms with Crippen molar-refractivity contribution in [1.29, 1.82) is 0 Å². The molecule has 1 rings (SSSR count). The van der Waals surface area contributed by atoms with Gasteiger partial charge in [0.1, 0.15) is 0 Å². The minimum absolute atomic E-state index is 0.104. The zero-order valence-corrected chi connectivity index (χ0v) is 7.69. The number of carbonyl (C=O) groups is 2. The lowest BCUT2D eigenvalue weighted by Crippen LogP contribution is -2.36. The van der Waals surface area contributed by atoms with Crippen LogP contribution in [0, 0.1) is 0 Å². The monoisotopic (exact) mass is 217 g/mol. The molecule has 0 aliphatic rings. The van der Waals surface area contributed by atoms with Crippen LogP contribution >= 0.6 is 11.7 Å². The summed E-state index contributed by atoms with van der Waals surface area (Å²) in [6.45, 7) is -0.355. The Kier molecular flexibility index (Phi) is 3.48. The highest BCUT2D eigenvalue weighted by molar-refractivity contribution is 6.99. The summed E-state index contributed by atoms with van der Waals surface area (Å²) in [4.78, 5) is 21.3. The van der Waals surface area contributed by atoms with E-state index in [1.54, 1.807) is 0 Å². The normalized spacial score (nSPS) is 12.1. The number of hydrogen-bond acceptors (Lipinski definition) is 6. The standard InChI is InChI=1S/C6H7N3O4S/c10-4(6(12)13)2-7-5(11)3-1-8-14-9-3/h1,4,10H,2H2,(H,7,11)(H,12,13)/t4-/m0/s1. The van der Waals surface area contributed by atoms with Crippen molar-refractivity contribution in [3.05, 3.63) is 11.9 Å². The second kappa shape index (κ2) is 4.63. The number of carboxylic acids is 1. The molecule has 76 valence electrons. The van der Waals surface area contributed by atoms with Crippen molar-refractivity contribution in [2.45, 2.75) is 6.10 Å². The Morgan fingerprint density at radius 2 is 2.36 bits per heavy atom. The fraction of sp³-hybridized carbons (Fsp3) is 0.333. The van der Waals surface area contributed by atoms with E-state index in [-0.39, 0.29) is 12.2 Å². The van der Waals surface area contributed by atoms with E-state index >= 15 is 0 Å². The van der Waals surface area contributed by atoms with Gasteiger partial charge in [-0.3, -0.25) is 4.79 Å². The predicted octanol–water partition coefficient (Wildman–Crippen LogP) is -1.29. The molecule has 0 unspecified atom stereocenters. The molecule has 0 fully saturated rings. The highest BCUT2D eigenvalue weighted by Crippen LogP contribution is 1.94. The largest absolute Gasteiger partial charge is 0.479 e. The Hall–Kier alpha value is -1.54. The Labute approximate surface area is 82.7 Å². The second-order valence-corrected chi connectivity index (χ2v) is 2.91. The first-order chi connectivity index (χ1) is 6.61. The Bertz CT molecular complexity index is 326. The van der Waals surface area contributed by atoms with Gasteiger partial charge in [-0.05, 0) is 0 Å². The highest BCUT2D eigenvalue weighted by atomic mass is 32.1. The number of carbonyl (C=O) groups excluding carboxylic acids is 1. The van der Waals surface area contributed by atoms with E-state index in [1.165, 1.54) is 6.20 Å². The zero-order valence-electron chi connectivity index (χ0n) is 6.88. The molecular weight excluding hydrogens is 210 g/mol. The van der Waals surface area contributed by atoms with E-state index in [0.29, 0.717) is 0 Å². The summed E-state index contributed by atoms with van der Waals surface area (Å²) < 4.78 is 7.22. The van der Waals surface area contributed by atoms with Crippen LogP contribution in [0.5, 0.6) is 0 Å². The number of aromatic nitrogens is 2. The van der Waals surface area contributed by atoms with Crippen molar-refractivity contribution in [3.8, 4) is 0 Å². The molecule has 0 aliphatic heterocycles. The lowest BCUT2D eigenvalue weighted by Gasteiger charge is -2.05. The molecular formula is C6H7N3O4S. The van der Waals surface area contributed by atoms with E-state index in [1.807, 2.05) is 0 Å². The Morgan fingerprint density at radius 1 is 1.64 bits per heavy atom. The summed E-state index contributed by atoms with van der Waals surface area (Å²) in [5.74, 6) is -1.94. The van der Waals surface area contributed by atoms with Gasteiger partial charge in [-0.1, -0.05) is 0 Å². The molecule has 8 heteroatoms. The molecule has 1 amide bonds. The summed E-state index contributed by atoms with van der Waals surface area (Å²) in [5, 5.41) is 19.3. The van der Waals surface area contributed by atoms with Crippen LogP contribution in [-0.4, -0.2) is 43.5 Å². The minimum Gasteiger partial charge on any atom is -0.479 e. The van der Waals surface area contributed by atoms with Gasteiger partial charge in [-0.2, -0.15) is 8.75 Å². The molecule has 0 aromatic carbocycles. The zero-order chi connectivity index (χ0) is 10.6. The lowest BCUT2D eigenvalue weighted by molar-refractivity contribution is -0.146. The molecule has 0 aliphatic carbocycles. The molecule has 3 N–H and O–H groups in total. The van der Waals surface area contributed by atoms with Crippen LogP contribution in [0.15, 0.2) is 6.20 Å². The number of amides is 1. The topological polar surface area (TPSA) is 112 Å². The number of rotatable bonds is 4. The van der Waals surface area contributed by atoms with Gasteiger partial charge in [-0.15, -0.1) is 0 Å². The summed E-state index contributed by atoms with van der Waals surface area (Å²) in [5.41, 5.74) is 0.104. The average molecular weight is 217 g/mol. The quantitative estimate of drug-likeness (QED) is 0.578. The van der Waals surface area contributed by atoms with Crippen molar-refractivity contribution >= 4 is 23.6 Å². The fourth-order valence-electron chi connectivity index (χ4n) is 0.632. The first kappa shape index (κ1) is 10.5. The fourth-order valence-corrected chi connectivity index (χ4v) is 1.04. The number of nitrogens with one attached hydrogen (secondary N) is 1. The summed E-state index contributed by atoms with van der Waals surface area (Å²) in [7, 11) is 0. The molecule has 0 saturated heterocycles. The number of hydrogen-bond donors (Lipinski definition) is 3. The minimum atomic E-state index is -1.61. The van der Waals surface area contributed by atoms with Crippen LogP contribution in [0.25, 0.3) is 0 Å². The molecule has 0 saturated carbocycles. The number of aliphatic carboxylic acids is 1. The highest BCUT2D eigenvalue weighted by Gasteiger charge is 2.15. The Morgan fingerprint density at radius 3 is 2.86 bits per heavy atom. The van der Waals surface area contributed by atoms with Gasteiger partial charge in [0.05, 0.1) is 24.5 Å². The third kappa shape index (κ3) is 2.75. The second-order valence-electron chi connectivity index (χ2n) is 2.36. The summed E-state index contributed by atoms with van der Waals surface area (Å²) in [6, 6.07) is 0. The maximum atomic E-state index is 11.1. The van der Waals surface area contributed by atoms with Crippen LogP contribution in [0.2, 0.25) is 0 Å². The van der Waals surface area contributed by atoms with E-state index in [9.17, 15) is 9.59 Å². The summed E-state index contributed by atoms with van der Waals surface area (Å²) >= 11 is 0.869. The van der Waals surface area contributed by atoms with E-state index in [4.69, 9.17) is 10.2 Å². The van der Waals surface area contributed by atoms with Crippen LogP contribution in [0.3, 0.4) is 0 Å². The SMILES string of the molecule is O=C(NC[C@H](O)C(=O)O)c1cnsn1. The molecule has 0 radical (unpaired) electrons. The Balaban J connectivity index is 2.40. The first-order valence-electron chi connectivity index (χ1n) is 3.58. The van der Waals surface area contributed by atoms with Crippen molar-refractivity contribution in [2.24, 2.45) is 0 Å². The van der Waals surface area contributed by atoms with Crippen molar-refractivity contribution < 1.29 is 19.8 Å². The number of aliphatic hydroxyl groups excluding tert-OH is 1. The summed E-state index contributed by atoms with van der Waals surface area (Å²) in [6.07, 6.45) is -0.349. The predicted molar refractivity (Wildman–Crippen MR) is 45.9 cm³/mol. The maximum Gasteiger partial charge on any atom is 0.334 e. The van der Waals surface area contributed by atoms with Crippen LogP contribution in [0.1, 0.15) is 10.5 Å². The van der Waals surface area contributed by atoms with Crippen LogP contribution in [0.4, 0.5) is 0 Å². The van der Waals surface area contributed by atoms with Gasteiger partial charge < -0.3 is 15.5 Å². The van der Waals surface area contributed by atoms with Gasteiger partial charge in [0, 0.05) is 0 Å². The van der Waals surface area contributed by atoms with Crippen molar-refractivity contribution in [3.63, 3.8) is 0 Å².